The summed E-state index contributed by atoms with van der Waals surface area (Å²) in [5.41, 5.74) is -0.658. The van der Waals surface area contributed by atoms with Crippen LogP contribution >= 0.6 is 0 Å². The Kier molecular flexibility index (Phi) is 14.6. The number of carboxylic acids is 2. The van der Waals surface area contributed by atoms with Crippen LogP contribution in [0.5, 0.6) is 0 Å². The molecule has 34 heavy (non-hydrogen) atoms. The van der Waals surface area contributed by atoms with Gasteiger partial charge in [-0.2, -0.15) is 0 Å². The van der Waals surface area contributed by atoms with Crippen molar-refractivity contribution in [2.75, 3.05) is 19.6 Å². The molecule has 1 atom stereocenters. The lowest BCUT2D eigenvalue weighted by Gasteiger charge is -2.20. The number of nitrogens with one attached hydrogen (secondary N) is 4. The summed E-state index contributed by atoms with van der Waals surface area (Å²) in [5.74, 6) is -3.68. The van der Waals surface area contributed by atoms with Gasteiger partial charge in [0.05, 0.1) is 12.8 Å². The average molecular weight is 489 g/mol. The first-order chi connectivity index (χ1) is 15.8. The van der Waals surface area contributed by atoms with E-state index in [2.05, 4.69) is 21.3 Å². The maximum atomic E-state index is 12.5. The molecule has 0 aliphatic carbocycles. The van der Waals surface area contributed by atoms with Crippen LogP contribution in [0.4, 0.5) is 4.79 Å². The van der Waals surface area contributed by atoms with Gasteiger partial charge in [-0.25, -0.2) is 4.79 Å². The fourth-order valence-electron chi connectivity index (χ4n) is 2.55. The number of amides is 4. The molecule has 4 amide bonds. The predicted octanol–water partition coefficient (Wildman–Crippen LogP) is 0.128. The molecule has 0 spiro atoms. The van der Waals surface area contributed by atoms with Crippen LogP contribution in [0.2, 0.25) is 0 Å². The molecule has 194 valence electrons. The first-order valence-corrected chi connectivity index (χ1v) is 11.0. The lowest BCUT2D eigenvalue weighted by Crippen LogP contribution is -2.48. The Balaban J connectivity index is 4.53. The van der Waals surface area contributed by atoms with Crippen LogP contribution in [-0.4, -0.2) is 77.2 Å². The summed E-state index contributed by atoms with van der Waals surface area (Å²) < 4.78 is 5.08. The van der Waals surface area contributed by atoms with Crippen LogP contribution in [0, 0.1) is 0 Å². The van der Waals surface area contributed by atoms with Crippen molar-refractivity contribution in [2.24, 2.45) is 0 Å². The molecule has 0 aromatic carbocycles. The average Bonchev–Trinajstić information content (AvgIpc) is 2.71. The van der Waals surface area contributed by atoms with E-state index < -0.39 is 47.4 Å². The number of carbonyl (C=O) groups is 6. The number of alkyl carbamates (subject to hydrolysis) is 1. The van der Waals surface area contributed by atoms with E-state index in [1.807, 2.05) is 0 Å². The highest BCUT2D eigenvalue weighted by Crippen LogP contribution is 2.06. The second kappa shape index (κ2) is 16.3. The third-order valence-electron chi connectivity index (χ3n) is 4.12. The zero-order chi connectivity index (χ0) is 26.1. The Labute approximate surface area is 198 Å². The van der Waals surface area contributed by atoms with Crippen LogP contribution in [0.25, 0.3) is 0 Å². The van der Waals surface area contributed by atoms with Gasteiger partial charge in [-0.3, -0.25) is 24.0 Å². The minimum Gasteiger partial charge on any atom is -0.481 e. The molecule has 0 aliphatic rings. The van der Waals surface area contributed by atoms with Gasteiger partial charge in [0.15, 0.2) is 0 Å². The number of carboxylic acid groups (broad SMARTS) is 2. The summed E-state index contributed by atoms with van der Waals surface area (Å²) in [4.78, 5) is 68.7. The minimum absolute atomic E-state index is 0.0825. The van der Waals surface area contributed by atoms with Crippen LogP contribution in [0.3, 0.4) is 0 Å². The summed E-state index contributed by atoms with van der Waals surface area (Å²) in [6.45, 7) is 5.61. The smallest absolute Gasteiger partial charge is 0.407 e. The Bertz CT molecular complexity index is 720. The molecular weight excluding hydrogens is 452 g/mol. The lowest BCUT2D eigenvalue weighted by molar-refractivity contribution is -0.139. The van der Waals surface area contributed by atoms with Crippen molar-refractivity contribution < 1.29 is 43.7 Å². The van der Waals surface area contributed by atoms with Crippen molar-refractivity contribution in [3.8, 4) is 0 Å². The summed E-state index contributed by atoms with van der Waals surface area (Å²) in [7, 11) is 0. The van der Waals surface area contributed by atoms with Crippen LogP contribution in [-0.2, 0) is 28.7 Å². The normalized spacial score (nSPS) is 11.6. The van der Waals surface area contributed by atoms with Crippen LogP contribution in [0.1, 0.15) is 65.7 Å². The molecule has 0 unspecified atom stereocenters. The first-order valence-electron chi connectivity index (χ1n) is 11.0. The molecule has 0 fully saturated rings. The van der Waals surface area contributed by atoms with E-state index in [9.17, 15) is 28.8 Å². The molecule has 0 aliphatic heterocycles. The Morgan fingerprint density at radius 1 is 0.735 bits per heavy atom. The van der Waals surface area contributed by atoms with Crippen molar-refractivity contribution in [1.29, 1.82) is 0 Å². The second-order valence-corrected chi connectivity index (χ2v) is 8.47. The highest BCUT2D eigenvalue weighted by atomic mass is 16.6. The molecule has 6 N–H and O–H groups in total. The number of rotatable bonds is 16. The summed E-state index contributed by atoms with van der Waals surface area (Å²) >= 11 is 0. The van der Waals surface area contributed by atoms with Gasteiger partial charge in [-0.05, 0) is 40.0 Å². The maximum Gasteiger partial charge on any atom is 0.407 e. The number of aliphatic carboxylic acids is 2. The van der Waals surface area contributed by atoms with Crippen molar-refractivity contribution in [1.82, 2.24) is 21.3 Å². The van der Waals surface area contributed by atoms with Crippen molar-refractivity contribution >= 4 is 35.8 Å². The van der Waals surface area contributed by atoms with Gasteiger partial charge >= 0.3 is 18.0 Å². The lowest BCUT2D eigenvalue weighted by atomic mass is 10.1. The molecule has 13 nitrogen and oxygen atoms in total. The predicted molar refractivity (Wildman–Crippen MR) is 120 cm³/mol. The molecular formula is C21H36N4O9. The SMILES string of the molecule is CC(C)(C)OC(=O)NCCNC(=O)[C@H](CCCCNC(=O)CCC(=O)O)NC(=O)CCC(=O)O. The number of unbranched alkanes of at least 4 members (excludes halogenated alkanes) is 1. The van der Waals surface area contributed by atoms with E-state index >= 15 is 0 Å². The number of ether oxygens (including phenoxy) is 1. The molecule has 13 heteroatoms. The van der Waals surface area contributed by atoms with Crippen molar-refractivity contribution in [3.05, 3.63) is 0 Å². The Morgan fingerprint density at radius 3 is 1.85 bits per heavy atom. The van der Waals surface area contributed by atoms with Gasteiger partial charge in [0.1, 0.15) is 11.6 Å². The van der Waals surface area contributed by atoms with E-state index in [0.29, 0.717) is 12.8 Å². The van der Waals surface area contributed by atoms with Gasteiger partial charge in [-0.15, -0.1) is 0 Å². The van der Waals surface area contributed by atoms with Crippen molar-refractivity contribution in [3.63, 3.8) is 0 Å². The number of hydrogen-bond donors (Lipinski definition) is 6. The van der Waals surface area contributed by atoms with E-state index in [0.717, 1.165) is 0 Å². The monoisotopic (exact) mass is 488 g/mol. The largest absolute Gasteiger partial charge is 0.481 e. The van der Waals surface area contributed by atoms with Crippen LogP contribution in [0.15, 0.2) is 0 Å². The fourth-order valence-corrected chi connectivity index (χ4v) is 2.55. The standard InChI is InChI=1S/C21H36N4O9/c1-21(2,3)34-20(33)24-13-12-23-19(32)14(25-16(27)8-10-18(30)31)6-4-5-11-22-15(26)7-9-17(28)29/h14H,4-13H2,1-3H3,(H,22,26)(H,23,32)(H,24,33)(H,25,27)(H,28,29)(H,30,31)/t14-/m0/s1. The molecule has 0 aromatic heterocycles. The zero-order valence-electron chi connectivity index (χ0n) is 19.9. The molecule has 0 saturated carbocycles. The molecule has 0 radical (unpaired) electrons. The molecule has 0 aromatic rings. The molecule has 0 saturated heterocycles. The Hall–Kier alpha value is -3.38. The van der Waals surface area contributed by atoms with Gasteiger partial charge in [0.2, 0.25) is 17.7 Å². The summed E-state index contributed by atoms with van der Waals surface area (Å²) in [6.07, 6.45) is -0.515. The van der Waals surface area contributed by atoms with Gasteiger partial charge < -0.3 is 36.2 Å². The number of hydrogen-bond acceptors (Lipinski definition) is 7. The van der Waals surface area contributed by atoms with E-state index in [1.54, 1.807) is 20.8 Å². The molecule has 0 heterocycles. The zero-order valence-corrected chi connectivity index (χ0v) is 19.9. The quantitative estimate of drug-likeness (QED) is 0.163. The summed E-state index contributed by atoms with van der Waals surface area (Å²) in [6, 6.07) is -0.925. The molecule has 0 bridgehead atoms. The molecule has 0 rings (SSSR count). The van der Waals surface area contributed by atoms with E-state index in [1.165, 1.54) is 0 Å². The van der Waals surface area contributed by atoms with E-state index in [4.69, 9.17) is 14.9 Å². The third kappa shape index (κ3) is 18.2. The van der Waals surface area contributed by atoms with E-state index in [-0.39, 0.29) is 51.7 Å². The van der Waals surface area contributed by atoms with Crippen molar-refractivity contribution in [2.45, 2.75) is 77.4 Å². The van der Waals surface area contributed by atoms with Crippen LogP contribution < -0.4 is 21.3 Å². The van der Waals surface area contributed by atoms with Gasteiger partial charge in [-0.1, -0.05) is 0 Å². The summed E-state index contributed by atoms with van der Waals surface area (Å²) in [5, 5.41) is 27.4. The van der Waals surface area contributed by atoms with Gasteiger partial charge in [0, 0.05) is 32.5 Å². The topological polar surface area (TPSA) is 200 Å². The highest BCUT2D eigenvalue weighted by molar-refractivity contribution is 5.88. The van der Waals surface area contributed by atoms with Gasteiger partial charge in [0.25, 0.3) is 0 Å². The Morgan fingerprint density at radius 2 is 1.29 bits per heavy atom. The highest BCUT2D eigenvalue weighted by Gasteiger charge is 2.21. The number of carbonyl (C=O) groups excluding carboxylic acids is 4. The first kappa shape index (κ1) is 30.6. The second-order valence-electron chi connectivity index (χ2n) is 8.47. The fraction of sp³-hybridized carbons (Fsp3) is 0.714. The maximum absolute atomic E-state index is 12.5. The minimum atomic E-state index is -1.14. The third-order valence-corrected chi connectivity index (χ3v) is 4.12.